The zero-order valence-electron chi connectivity index (χ0n) is 17.6. The van der Waals surface area contributed by atoms with Crippen molar-refractivity contribution >= 4 is 40.2 Å². The number of carbonyl (C=O) groups excluding carboxylic acids is 1. The van der Waals surface area contributed by atoms with E-state index in [1.807, 2.05) is 37.3 Å². The first-order chi connectivity index (χ1) is 15.4. The lowest BCUT2D eigenvalue weighted by Gasteiger charge is -2.16. The van der Waals surface area contributed by atoms with E-state index < -0.39 is 5.25 Å². The second kappa shape index (κ2) is 9.54. The van der Waals surface area contributed by atoms with E-state index >= 15 is 0 Å². The van der Waals surface area contributed by atoms with Gasteiger partial charge in [-0.15, -0.1) is 0 Å². The van der Waals surface area contributed by atoms with Gasteiger partial charge in [0, 0.05) is 17.8 Å². The van der Waals surface area contributed by atoms with Gasteiger partial charge in [-0.05, 0) is 49.2 Å². The summed E-state index contributed by atoms with van der Waals surface area (Å²) in [6.45, 7) is 4.03. The number of halogens is 1. The molecule has 0 saturated heterocycles. The summed E-state index contributed by atoms with van der Waals surface area (Å²) in [5.74, 6) is 0.283. The van der Waals surface area contributed by atoms with Gasteiger partial charge in [-0.25, -0.2) is 14.5 Å². The zero-order chi connectivity index (χ0) is 22.7. The molecule has 2 heterocycles. The SMILES string of the molecule is Cc1ccc(-n2c(SC(C)C(=O)NCc3ccccc3Cl)nc3ccccc3c2=O)nc1. The van der Waals surface area contributed by atoms with Gasteiger partial charge >= 0.3 is 0 Å². The minimum Gasteiger partial charge on any atom is -0.351 e. The van der Waals surface area contributed by atoms with E-state index in [4.69, 9.17) is 11.6 Å². The molecule has 1 atom stereocenters. The van der Waals surface area contributed by atoms with Crippen LogP contribution in [-0.2, 0) is 11.3 Å². The van der Waals surface area contributed by atoms with Gasteiger partial charge in [0.1, 0.15) is 5.82 Å². The van der Waals surface area contributed by atoms with Crippen LogP contribution >= 0.6 is 23.4 Å². The average molecular weight is 465 g/mol. The summed E-state index contributed by atoms with van der Waals surface area (Å²) in [5, 5.41) is 3.91. The number of pyridine rings is 1. The molecule has 0 fully saturated rings. The molecule has 162 valence electrons. The molecule has 0 aliphatic heterocycles. The fourth-order valence-electron chi connectivity index (χ4n) is 3.17. The molecular formula is C24H21ClN4O2S. The monoisotopic (exact) mass is 464 g/mol. The first kappa shape index (κ1) is 22.0. The van der Waals surface area contributed by atoms with Crippen LogP contribution in [-0.4, -0.2) is 25.7 Å². The third-order valence-corrected chi connectivity index (χ3v) is 6.35. The Balaban J connectivity index is 1.64. The second-order valence-corrected chi connectivity index (χ2v) is 9.03. The Kier molecular flexibility index (Phi) is 6.58. The smallest absolute Gasteiger partial charge is 0.267 e. The molecule has 0 spiro atoms. The average Bonchev–Trinajstić information content (AvgIpc) is 2.79. The number of aryl methyl sites for hydroxylation is 1. The Morgan fingerprint density at radius 1 is 1.12 bits per heavy atom. The maximum Gasteiger partial charge on any atom is 0.267 e. The Morgan fingerprint density at radius 3 is 2.62 bits per heavy atom. The second-order valence-electron chi connectivity index (χ2n) is 7.32. The molecule has 32 heavy (non-hydrogen) atoms. The Labute approximate surface area is 194 Å². The highest BCUT2D eigenvalue weighted by molar-refractivity contribution is 8.00. The summed E-state index contributed by atoms with van der Waals surface area (Å²) >= 11 is 7.39. The largest absolute Gasteiger partial charge is 0.351 e. The Hall–Kier alpha value is -3.16. The van der Waals surface area contributed by atoms with E-state index in [1.54, 1.807) is 43.5 Å². The fourth-order valence-corrected chi connectivity index (χ4v) is 4.31. The van der Waals surface area contributed by atoms with Gasteiger partial charge in [0.15, 0.2) is 5.16 Å². The van der Waals surface area contributed by atoms with Crippen LogP contribution in [0.3, 0.4) is 0 Å². The highest BCUT2D eigenvalue weighted by Crippen LogP contribution is 2.25. The predicted octanol–water partition coefficient (Wildman–Crippen LogP) is 4.54. The number of nitrogens with one attached hydrogen (secondary N) is 1. The van der Waals surface area contributed by atoms with Crippen molar-refractivity contribution < 1.29 is 4.79 Å². The zero-order valence-corrected chi connectivity index (χ0v) is 19.2. The summed E-state index contributed by atoms with van der Waals surface area (Å²) < 4.78 is 1.46. The van der Waals surface area contributed by atoms with Gasteiger partial charge in [0.05, 0.1) is 16.2 Å². The van der Waals surface area contributed by atoms with Crippen molar-refractivity contribution in [1.82, 2.24) is 19.9 Å². The topological polar surface area (TPSA) is 76.9 Å². The lowest BCUT2D eigenvalue weighted by molar-refractivity contribution is -0.120. The van der Waals surface area contributed by atoms with E-state index in [1.165, 1.54) is 16.3 Å². The molecular weight excluding hydrogens is 444 g/mol. The lowest BCUT2D eigenvalue weighted by Crippen LogP contribution is -2.31. The van der Waals surface area contributed by atoms with E-state index in [0.717, 1.165) is 11.1 Å². The Bertz CT molecular complexity index is 1340. The molecule has 1 amide bonds. The summed E-state index contributed by atoms with van der Waals surface area (Å²) in [4.78, 5) is 35.1. The molecule has 0 bridgehead atoms. The van der Waals surface area contributed by atoms with Crippen molar-refractivity contribution in [3.63, 3.8) is 0 Å². The molecule has 2 aromatic carbocycles. The number of amides is 1. The molecule has 6 nitrogen and oxygen atoms in total. The maximum atomic E-state index is 13.3. The molecule has 4 rings (SSSR count). The van der Waals surface area contributed by atoms with Gasteiger partial charge in [-0.2, -0.15) is 0 Å². The highest BCUT2D eigenvalue weighted by Gasteiger charge is 2.21. The van der Waals surface area contributed by atoms with Crippen LogP contribution in [0.5, 0.6) is 0 Å². The number of hydrogen-bond donors (Lipinski definition) is 1. The van der Waals surface area contributed by atoms with Crippen molar-refractivity contribution in [2.75, 3.05) is 0 Å². The van der Waals surface area contributed by atoms with Crippen molar-refractivity contribution in [3.05, 3.63) is 93.4 Å². The third kappa shape index (κ3) is 4.69. The van der Waals surface area contributed by atoms with Crippen molar-refractivity contribution in [1.29, 1.82) is 0 Å². The van der Waals surface area contributed by atoms with Gasteiger partial charge in [0.2, 0.25) is 5.91 Å². The number of aromatic nitrogens is 3. The molecule has 8 heteroatoms. The van der Waals surface area contributed by atoms with Gasteiger partial charge in [-0.3, -0.25) is 9.59 Å². The normalized spacial score (nSPS) is 12.0. The number of para-hydroxylation sites is 1. The number of carbonyl (C=O) groups is 1. The molecule has 0 aliphatic rings. The van der Waals surface area contributed by atoms with Gasteiger partial charge in [0.25, 0.3) is 5.56 Å². The van der Waals surface area contributed by atoms with Crippen LogP contribution in [0.2, 0.25) is 5.02 Å². The van der Waals surface area contributed by atoms with E-state index in [9.17, 15) is 9.59 Å². The first-order valence-corrected chi connectivity index (χ1v) is 11.3. The summed E-state index contributed by atoms with van der Waals surface area (Å²) in [6, 6.07) is 18.2. The van der Waals surface area contributed by atoms with Gasteiger partial charge in [-0.1, -0.05) is 59.8 Å². The van der Waals surface area contributed by atoms with Crippen molar-refractivity contribution in [2.24, 2.45) is 0 Å². The van der Waals surface area contributed by atoms with Crippen LogP contribution < -0.4 is 10.9 Å². The van der Waals surface area contributed by atoms with Crippen molar-refractivity contribution in [2.45, 2.75) is 30.8 Å². The standard InChI is InChI=1S/C24H21ClN4O2S/c1-15-11-12-21(26-13-15)29-23(31)18-8-4-6-10-20(18)28-24(29)32-16(2)22(30)27-14-17-7-3-5-9-19(17)25/h3-13,16H,14H2,1-2H3,(H,27,30). The summed E-state index contributed by atoms with van der Waals surface area (Å²) in [6.07, 6.45) is 1.70. The molecule has 0 aliphatic carbocycles. The summed E-state index contributed by atoms with van der Waals surface area (Å²) in [7, 11) is 0. The van der Waals surface area contributed by atoms with Crippen LogP contribution in [0.25, 0.3) is 16.7 Å². The number of rotatable bonds is 6. The molecule has 1 N–H and O–H groups in total. The molecule has 1 unspecified atom stereocenters. The minimum absolute atomic E-state index is 0.180. The van der Waals surface area contributed by atoms with Crippen LogP contribution in [0.1, 0.15) is 18.1 Å². The lowest BCUT2D eigenvalue weighted by atomic mass is 10.2. The quantitative estimate of drug-likeness (QED) is 0.335. The first-order valence-electron chi connectivity index (χ1n) is 10.1. The fraction of sp³-hybridized carbons (Fsp3) is 0.167. The van der Waals surface area contributed by atoms with Crippen LogP contribution in [0.4, 0.5) is 0 Å². The predicted molar refractivity (Wildman–Crippen MR) is 128 cm³/mol. The highest BCUT2D eigenvalue weighted by atomic mass is 35.5. The van der Waals surface area contributed by atoms with Crippen LogP contribution in [0, 0.1) is 6.92 Å². The maximum absolute atomic E-state index is 13.3. The number of fused-ring (bicyclic) bond motifs is 1. The molecule has 0 saturated carbocycles. The Morgan fingerprint density at radius 2 is 1.88 bits per heavy atom. The van der Waals surface area contributed by atoms with E-state index in [-0.39, 0.29) is 11.5 Å². The summed E-state index contributed by atoms with van der Waals surface area (Å²) in [5.41, 5.74) is 2.17. The minimum atomic E-state index is -0.498. The van der Waals surface area contributed by atoms with E-state index in [0.29, 0.717) is 33.4 Å². The number of thioether (sulfide) groups is 1. The van der Waals surface area contributed by atoms with Gasteiger partial charge < -0.3 is 5.32 Å². The third-order valence-electron chi connectivity index (χ3n) is 4.93. The molecule has 0 radical (unpaired) electrons. The number of hydrogen-bond acceptors (Lipinski definition) is 5. The number of nitrogens with zero attached hydrogens (tertiary/aromatic N) is 3. The van der Waals surface area contributed by atoms with Crippen LogP contribution in [0.15, 0.2) is 76.8 Å². The van der Waals surface area contributed by atoms with Crippen molar-refractivity contribution in [3.8, 4) is 5.82 Å². The van der Waals surface area contributed by atoms with E-state index in [2.05, 4.69) is 15.3 Å². The number of benzene rings is 2. The molecule has 2 aromatic heterocycles. The molecule has 4 aromatic rings.